The van der Waals surface area contributed by atoms with Crippen molar-refractivity contribution in [2.75, 3.05) is 30.6 Å². The number of nitrogens with zero attached hydrogens (tertiary/aromatic N) is 2. The van der Waals surface area contributed by atoms with E-state index in [9.17, 15) is 14.9 Å². The summed E-state index contributed by atoms with van der Waals surface area (Å²) in [6.07, 6.45) is 0. The van der Waals surface area contributed by atoms with Gasteiger partial charge in [0.05, 0.1) is 24.3 Å². The monoisotopic (exact) mass is 334 g/mol. The van der Waals surface area contributed by atoms with E-state index in [0.29, 0.717) is 5.03 Å². The Labute approximate surface area is 137 Å². The molecule has 0 amide bonds. The number of carbonyl (C=O) groups is 2. The molecule has 2 rings (SSSR count). The van der Waals surface area contributed by atoms with E-state index in [2.05, 4.69) is 4.74 Å². The number of ether oxygens (including phenoxy) is 1. The summed E-state index contributed by atoms with van der Waals surface area (Å²) in [5, 5.41) is 9.97. The SMILES string of the molecule is COC(=O)CSCC(=O)/C(C#N)=C1\Sc2ccccc2N1C. The van der Waals surface area contributed by atoms with E-state index >= 15 is 0 Å². The molecule has 0 N–H and O–H groups in total. The number of Topliss-reactive ketones (excluding diaryl/α,β-unsaturated/α-hetero) is 1. The molecule has 0 bridgehead atoms. The Hall–Kier alpha value is -1.91. The van der Waals surface area contributed by atoms with Crippen molar-refractivity contribution in [2.45, 2.75) is 4.90 Å². The number of anilines is 1. The largest absolute Gasteiger partial charge is 0.468 e. The number of carbonyl (C=O) groups excluding carboxylic acids is 2. The van der Waals surface area contributed by atoms with Crippen LogP contribution < -0.4 is 4.90 Å². The number of hydrogen-bond donors (Lipinski definition) is 0. The van der Waals surface area contributed by atoms with Crippen LogP contribution in [0.15, 0.2) is 39.8 Å². The number of hydrogen-bond acceptors (Lipinski definition) is 7. The van der Waals surface area contributed by atoms with Gasteiger partial charge in [0, 0.05) is 11.9 Å². The summed E-state index contributed by atoms with van der Waals surface area (Å²) in [4.78, 5) is 26.1. The molecule has 1 aliphatic heterocycles. The van der Waals surface area contributed by atoms with E-state index in [1.54, 1.807) is 0 Å². The van der Waals surface area contributed by atoms with Gasteiger partial charge in [0.1, 0.15) is 16.7 Å². The minimum atomic E-state index is -0.385. The zero-order valence-corrected chi connectivity index (χ0v) is 13.8. The van der Waals surface area contributed by atoms with Crippen molar-refractivity contribution in [2.24, 2.45) is 0 Å². The quantitative estimate of drug-likeness (QED) is 0.465. The predicted octanol–water partition coefficient (Wildman–Crippen LogP) is 2.44. The highest BCUT2D eigenvalue weighted by atomic mass is 32.2. The van der Waals surface area contributed by atoms with Crippen LogP contribution in [-0.2, 0) is 14.3 Å². The maximum Gasteiger partial charge on any atom is 0.315 e. The zero-order chi connectivity index (χ0) is 16.1. The van der Waals surface area contributed by atoms with E-state index in [1.165, 1.54) is 18.9 Å². The van der Waals surface area contributed by atoms with Crippen molar-refractivity contribution in [1.29, 1.82) is 5.26 Å². The molecule has 0 atom stereocenters. The molecule has 0 fully saturated rings. The van der Waals surface area contributed by atoms with Crippen molar-refractivity contribution in [3.8, 4) is 6.07 Å². The maximum absolute atomic E-state index is 12.2. The molecule has 0 saturated heterocycles. The number of allylic oxidation sites excluding steroid dienone is 1. The van der Waals surface area contributed by atoms with Crippen LogP contribution in [-0.4, -0.2) is 37.4 Å². The Balaban J connectivity index is 2.13. The maximum atomic E-state index is 12.2. The predicted molar refractivity (Wildman–Crippen MR) is 87.7 cm³/mol. The lowest BCUT2D eigenvalue weighted by molar-refractivity contribution is -0.137. The molecule has 5 nitrogen and oxygen atoms in total. The van der Waals surface area contributed by atoms with Crippen LogP contribution in [0.3, 0.4) is 0 Å². The van der Waals surface area contributed by atoms with Gasteiger partial charge >= 0.3 is 5.97 Å². The molecule has 114 valence electrons. The van der Waals surface area contributed by atoms with E-state index < -0.39 is 0 Å². The van der Waals surface area contributed by atoms with Crippen molar-refractivity contribution < 1.29 is 14.3 Å². The first-order chi connectivity index (χ1) is 10.6. The lowest BCUT2D eigenvalue weighted by atomic mass is 10.2. The zero-order valence-electron chi connectivity index (χ0n) is 12.2. The highest BCUT2D eigenvalue weighted by Crippen LogP contribution is 2.46. The summed E-state index contributed by atoms with van der Waals surface area (Å²) in [5.74, 6) is -0.492. The van der Waals surface area contributed by atoms with Crippen molar-refractivity contribution in [1.82, 2.24) is 0 Å². The van der Waals surface area contributed by atoms with Gasteiger partial charge < -0.3 is 9.64 Å². The summed E-state index contributed by atoms with van der Waals surface area (Å²) in [5.41, 5.74) is 1.10. The van der Waals surface area contributed by atoms with Crippen molar-refractivity contribution in [3.63, 3.8) is 0 Å². The van der Waals surface area contributed by atoms with Gasteiger partial charge in [-0.15, -0.1) is 11.8 Å². The van der Waals surface area contributed by atoms with Crippen LogP contribution in [0, 0.1) is 11.3 Å². The minimum absolute atomic E-state index is 0.0756. The topological polar surface area (TPSA) is 70.4 Å². The van der Waals surface area contributed by atoms with Crippen LogP contribution in [0.2, 0.25) is 0 Å². The number of ketones is 1. The second-order valence-corrected chi connectivity index (χ2v) is 6.43. The molecule has 1 heterocycles. The molecule has 0 radical (unpaired) electrons. The van der Waals surface area contributed by atoms with Gasteiger partial charge in [-0.1, -0.05) is 23.9 Å². The summed E-state index contributed by atoms with van der Waals surface area (Å²) in [6.45, 7) is 0. The Bertz CT molecular complexity index is 680. The van der Waals surface area contributed by atoms with E-state index in [-0.39, 0.29) is 28.8 Å². The van der Waals surface area contributed by atoms with Gasteiger partial charge in [0.15, 0.2) is 5.78 Å². The third-order valence-electron chi connectivity index (χ3n) is 3.02. The summed E-state index contributed by atoms with van der Waals surface area (Å²) in [6, 6.07) is 9.73. The number of para-hydroxylation sites is 1. The Morgan fingerprint density at radius 2 is 2.09 bits per heavy atom. The van der Waals surface area contributed by atoms with E-state index in [4.69, 9.17) is 0 Å². The summed E-state index contributed by atoms with van der Waals surface area (Å²) >= 11 is 2.56. The van der Waals surface area contributed by atoms with Crippen molar-refractivity contribution in [3.05, 3.63) is 34.9 Å². The number of thioether (sulfide) groups is 2. The number of nitriles is 1. The van der Waals surface area contributed by atoms with Crippen LogP contribution in [0.25, 0.3) is 0 Å². The molecule has 0 aliphatic carbocycles. The molecule has 1 aromatic carbocycles. The highest BCUT2D eigenvalue weighted by molar-refractivity contribution is 8.03. The first-order valence-corrected chi connectivity index (χ1v) is 8.38. The molecule has 1 aliphatic rings. The third kappa shape index (κ3) is 3.46. The fourth-order valence-corrected chi connectivity index (χ4v) is 3.79. The Morgan fingerprint density at radius 1 is 1.36 bits per heavy atom. The van der Waals surface area contributed by atoms with Gasteiger partial charge in [-0.3, -0.25) is 9.59 Å². The molecular weight excluding hydrogens is 320 g/mol. The van der Waals surface area contributed by atoms with Gasteiger partial charge in [-0.2, -0.15) is 5.26 Å². The van der Waals surface area contributed by atoms with Crippen LogP contribution in [0.4, 0.5) is 5.69 Å². The minimum Gasteiger partial charge on any atom is -0.468 e. The van der Waals surface area contributed by atoms with Gasteiger partial charge in [-0.05, 0) is 12.1 Å². The average Bonchev–Trinajstić information content (AvgIpc) is 2.85. The second kappa shape index (κ2) is 7.38. The highest BCUT2D eigenvalue weighted by Gasteiger charge is 2.27. The number of fused-ring (bicyclic) bond motifs is 1. The molecule has 0 saturated carbocycles. The first-order valence-electron chi connectivity index (χ1n) is 6.41. The summed E-state index contributed by atoms with van der Waals surface area (Å²) in [7, 11) is 3.13. The van der Waals surface area contributed by atoms with Crippen LogP contribution >= 0.6 is 23.5 Å². The number of benzene rings is 1. The van der Waals surface area contributed by atoms with Gasteiger partial charge in [-0.25, -0.2) is 0 Å². The second-order valence-electron chi connectivity index (χ2n) is 4.41. The number of esters is 1. The van der Waals surface area contributed by atoms with Gasteiger partial charge in [0.2, 0.25) is 0 Å². The number of rotatable bonds is 5. The lowest BCUT2D eigenvalue weighted by Gasteiger charge is -2.14. The van der Waals surface area contributed by atoms with E-state index in [0.717, 1.165) is 22.3 Å². The Kier molecular flexibility index (Phi) is 5.52. The lowest BCUT2D eigenvalue weighted by Crippen LogP contribution is -2.17. The molecule has 7 heteroatoms. The smallest absolute Gasteiger partial charge is 0.315 e. The van der Waals surface area contributed by atoms with Gasteiger partial charge in [0.25, 0.3) is 0 Å². The molecule has 0 aromatic heterocycles. The van der Waals surface area contributed by atoms with Crippen molar-refractivity contribution >= 4 is 41.0 Å². The normalized spacial score (nSPS) is 15.0. The molecule has 1 aromatic rings. The van der Waals surface area contributed by atoms with Crippen LogP contribution in [0.5, 0.6) is 0 Å². The fraction of sp³-hybridized carbons (Fsp3) is 0.267. The molecule has 22 heavy (non-hydrogen) atoms. The third-order valence-corrected chi connectivity index (χ3v) is 5.17. The first kappa shape index (κ1) is 16.5. The molecule has 0 unspecified atom stereocenters. The number of methoxy groups -OCH3 is 1. The Morgan fingerprint density at radius 3 is 2.73 bits per heavy atom. The average molecular weight is 334 g/mol. The fourth-order valence-electron chi connectivity index (χ4n) is 1.91. The molecule has 0 spiro atoms. The molecular formula is C15H14N2O3S2. The van der Waals surface area contributed by atoms with Crippen LogP contribution in [0.1, 0.15) is 0 Å². The van der Waals surface area contributed by atoms with E-state index in [1.807, 2.05) is 42.3 Å². The summed E-state index contributed by atoms with van der Waals surface area (Å²) < 4.78 is 4.52. The standard InChI is InChI=1S/C15H14N2O3S2/c1-17-11-5-3-4-6-13(11)22-15(17)10(7-16)12(18)8-21-9-14(19)20-2/h3-6H,8-9H2,1-2H3/b15-10-.